The van der Waals surface area contributed by atoms with Crippen molar-refractivity contribution in [2.24, 2.45) is 16.6 Å². The summed E-state index contributed by atoms with van der Waals surface area (Å²) < 4.78 is 24.3. The molecule has 1 heterocycles. The molecule has 0 bridgehead atoms. The van der Waals surface area contributed by atoms with E-state index in [0.29, 0.717) is 32.0 Å². The van der Waals surface area contributed by atoms with E-state index >= 15 is 0 Å². The molecule has 1 aliphatic heterocycles. The topological polar surface area (TPSA) is 79.0 Å². The molecule has 0 aliphatic carbocycles. The SMILES string of the molecule is CCN(CCCN=C(N)N1CCC(C)CC1)S(C)(=O)=O. The van der Waals surface area contributed by atoms with Crippen LogP contribution in [0.1, 0.15) is 33.1 Å². The minimum absolute atomic E-state index is 0.502. The summed E-state index contributed by atoms with van der Waals surface area (Å²) in [6, 6.07) is 0. The molecule has 1 rings (SSSR count). The molecule has 1 fully saturated rings. The molecule has 0 aromatic rings. The summed E-state index contributed by atoms with van der Waals surface area (Å²) in [6.07, 6.45) is 4.26. The molecule has 0 unspecified atom stereocenters. The Kier molecular flexibility index (Phi) is 6.75. The largest absolute Gasteiger partial charge is 0.370 e. The van der Waals surface area contributed by atoms with Crippen molar-refractivity contribution in [1.29, 1.82) is 0 Å². The average molecular weight is 304 g/mol. The number of piperidine rings is 1. The molecule has 1 saturated heterocycles. The Bertz CT molecular complexity index is 414. The molecule has 20 heavy (non-hydrogen) atoms. The third-order valence-corrected chi connectivity index (χ3v) is 5.15. The summed E-state index contributed by atoms with van der Waals surface area (Å²) in [6.45, 7) is 7.62. The van der Waals surface area contributed by atoms with Crippen molar-refractivity contribution in [2.45, 2.75) is 33.1 Å². The highest BCUT2D eigenvalue weighted by Gasteiger charge is 2.17. The molecular weight excluding hydrogens is 276 g/mol. The van der Waals surface area contributed by atoms with Crippen molar-refractivity contribution in [3.8, 4) is 0 Å². The number of hydrogen-bond donors (Lipinski definition) is 1. The van der Waals surface area contributed by atoms with Crippen molar-refractivity contribution in [1.82, 2.24) is 9.21 Å². The summed E-state index contributed by atoms with van der Waals surface area (Å²) in [5.74, 6) is 1.37. The number of rotatable bonds is 6. The van der Waals surface area contributed by atoms with Crippen LogP contribution < -0.4 is 5.73 Å². The van der Waals surface area contributed by atoms with Gasteiger partial charge >= 0.3 is 0 Å². The first kappa shape index (κ1) is 17.2. The van der Waals surface area contributed by atoms with Crippen molar-refractivity contribution in [3.63, 3.8) is 0 Å². The fourth-order valence-electron chi connectivity index (χ4n) is 2.34. The van der Waals surface area contributed by atoms with Crippen LogP contribution in [0, 0.1) is 5.92 Å². The highest BCUT2D eigenvalue weighted by Crippen LogP contribution is 2.15. The smallest absolute Gasteiger partial charge is 0.211 e. The summed E-state index contributed by atoms with van der Waals surface area (Å²) in [5, 5.41) is 0. The van der Waals surface area contributed by atoms with E-state index in [0.717, 1.165) is 31.8 Å². The van der Waals surface area contributed by atoms with Gasteiger partial charge in [-0.05, 0) is 25.2 Å². The first-order valence-electron chi connectivity index (χ1n) is 7.34. The maximum atomic E-state index is 11.4. The van der Waals surface area contributed by atoms with Crippen molar-refractivity contribution in [2.75, 3.05) is 39.0 Å². The van der Waals surface area contributed by atoms with E-state index in [1.54, 1.807) is 0 Å². The molecule has 0 amide bonds. The Labute approximate surface area is 123 Å². The van der Waals surface area contributed by atoms with E-state index < -0.39 is 10.0 Å². The van der Waals surface area contributed by atoms with Crippen LogP contribution in [0.3, 0.4) is 0 Å². The van der Waals surface area contributed by atoms with Crippen molar-refractivity contribution in [3.05, 3.63) is 0 Å². The predicted molar refractivity (Wildman–Crippen MR) is 83.2 cm³/mol. The van der Waals surface area contributed by atoms with Gasteiger partial charge in [0.15, 0.2) is 5.96 Å². The quantitative estimate of drug-likeness (QED) is 0.445. The second-order valence-electron chi connectivity index (χ2n) is 5.52. The normalized spacial score (nSPS) is 18.8. The number of nitrogens with two attached hydrogens (primary N) is 1. The number of guanidine groups is 1. The molecule has 0 radical (unpaired) electrons. The molecule has 0 spiro atoms. The van der Waals surface area contributed by atoms with Gasteiger partial charge in [-0.3, -0.25) is 4.99 Å². The van der Waals surface area contributed by atoms with Gasteiger partial charge in [-0.2, -0.15) is 0 Å². The van der Waals surface area contributed by atoms with E-state index in [1.807, 2.05) is 6.92 Å². The van der Waals surface area contributed by atoms with E-state index in [1.165, 1.54) is 10.6 Å². The van der Waals surface area contributed by atoms with Gasteiger partial charge in [-0.15, -0.1) is 0 Å². The molecule has 0 aromatic carbocycles. The van der Waals surface area contributed by atoms with Crippen LogP contribution >= 0.6 is 0 Å². The second kappa shape index (κ2) is 7.83. The summed E-state index contributed by atoms with van der Waals surface area (Å²) in [5.41, 5.74) is 5.97. The Morgan fingerprint density at radius 3 is 2.50 bits per heavy atom. The highest BCUT2D eigenvalue weighted by atomic mass is 32.2. The lowest BCUT2D eigenvalue weighted by Gasteiger charge is -2.31. The first-order valence-corrected chi connectivity index (χ1v) is 9.19. The van der Waals surface area contributed by atoms with Gasteiger partial charge in [0.1, 0.15) is 0 Å². The zero-order valence-electron chi connectivity index (χ0n) is 12.9. The van der Waals surface area contributed by atoms with E-state index in [9.17, 15) is 8.42 Å². The lowest BCUT2D eigenvalue weighted by molar-refractivity contribution is 0.277. The van der Waals surface area contributed by atoms with E-state index in [-0.39, 0.29) is 0 Å². The van der Waals surface area contributed by atoms with Gasteiger partial charge in [0.25, 0.3) is 0 Å². The Morgan fingerprint density at radius 1 is 1.40 bits per heavy atom. The van der Waals surface area contributed by atoms with Crippen molar-refractivity contribution < 1.29 is 8.42 Å². The van der Waals surface area contributed by atoms with Crippen molar-refractivity contribution >= 4 is 16.0 Å². The second-order valence-corrected chi connectivity index (χ2v) is 7.50. The molecule has 2 N–H and O–H groups in total. The van der Waals surface area contributed by atoms with Crippen LogP contribution in [-0.2, 0) is 10.0 Å². The fraction of sp³-hybridized carbons (Fsp3) is 0.923. The average Bonchev–Trinajstić information content (AvgIpc) is 2.37. The molecule has 6 nitrogen and oxygen atoms in total. The molecule has 0 saturated carbocycles. The fourth-order valence-corrected chi connectivity index (χ4v) is 3.27. The maximum absolute atomic E-state index is 11.4. The lowest BCUT2D eigenvalue weighted by atomic mass is 10.00. The Morgan fingerprint density at radius 2 is 2.00 bits per heavy atom. The van der Waals surface area contributed by atoms with Gasteiger partial charge in [0.2, 0.25) is 10.0 Å². The summed E-state index contributed by atoms with van der Waals surface area (Å²) in [4.78, 5) is 6.48. The number of aliphatic imine (C=N–C) groups is 1. The number of sulfonamides is 1. The van der Waals surface area contributed by atoms with Crippen LogP contribution in [0.4, 0.5) is 0 Å². The first-order chi connectivity index (χ1) is 9.34. The molecule has 0 atom stereocenters. The maximum Gasteiger partial charge on any atom is 0.211 e. The van der Waals surface area contributed by atoms with Crippen LogP contribution in [0.15, 0.2) is 4.99 Å². The lowest BCUT2D eigenvalue weighted by Crippen LogP contribution is -2.42. The monoisotopic (exact) mass is 304 g/mol. The number of likely N-dealkylation sites (tertiary alicyclic amines) is 1. The zero-order chi connectivity index (χ0) is 15.2. The molecular formula is C13H28N4O2S. The minimum Gasteiger partial charge on any atom is -0.370 e. The molecule has 1 aliphatic rings. The number of hydrogen-bond acceptors (Lipinski definition) is 3. The van der Waals surface area contributed by atoms with Gasteiger partial charge in [0, 0.05) is 32.7 Å². The zero-order valence-corrected chi connectivity index (χ0v) is 13.7. The van der Waals surface area contributed by atoms with Gasteiger partial charge in [0.05, 0.1) is 6.26 Å². The minimum atomic E-state index is -3.10. The van der Waals surface area contributed by atoms with Crippen LogP contribution in [-0.4, -0.2) is 62.6 Å². The van der Waals surface area contributed by atoms with Gasteiger partial charge in [-0.1, -0.05) is 13.8 Å². The predicted octanol–water partition coefficient (Wildman–Crippen LogP) is 0.705. The Hall–Kier alpha value is -0.820. The molecule has 0 aromatic heterocycles. The van der Waals surface area contributed by atoms with Crippen LogP contribution in [0.5, 0.6) is 0 Å². The summed E-state index contributed by atoms with van der Waals surface area (Å²) >= 11 is 0. The third kappa shape index (κ3) is 5.66. The van der Waals surface area contributed by atoms with Crippen LogP contribution in [0.25, 0.3) is 0 Å². The highest BCUT2D eigenvalue weighted by molar-refractivity contribution is 7.88. The Balaban J connectivity index is 2.33. The standard InChI is InChI=1S/C13H28N4O2S/c1-4-17(20(3,18)19)9-5-8-15-13(14)16-10-6-12(2)7-11-16/h12H,4-11H2,1-3H3,(H2,14,15). The van der Waals surface area contributed by atoms with E-state index in [2.05, 4.69) is 16.8 Å². The van der Waals surface area contributed by atoms with Gasteiger partial charge < -0.3 is 10.6 Å². The third-order valence-electron chi connectivity index (χ3n) is 3.77. The molecule has 118 valence electrons. The molecule has 7 heteroatoms. The van der Waals surface area contributed by atoms with Crippen LogP contribution in [0.2, 0.25) is 0 Å². The van der Waals surface area contributed by atoms with Gasteiger partial charge in [-0.25, -0.2) is 12.7 Å². The van der Waals surface area contributed by atoms with E-state index in [4.69, 9.17) is 5.73 Å². The number of nitrogens with zero attached hydrogens (tertiary/aromatic N) is 3. The summed E-state index contributed by atoms with van der Waals surface area (Å²) in [7, 11) is -3.10.